The summed E-state index contributed by atoms with van der Waals surface area (Å²) in [4.78, 5) is 0. The fraction of sp³-hybridized carbons (Fsp3) is 0.647. The van der Waals surface area contributed by atoms with Gasteiger partial charge in [-0.15, -0.1) is 0 Å². The molecule has 3 unspecified atom stereocenters. The fourth-order valence-electron chi connectivity index (χ4n) is 3.12. The molecule has 1 aliphatic heterocycles. The van der Waals surface area contributed by atoms with Gasteiger partial charge in [-0.1, -0.05) is 25.8 Å². The minimum atomic E-state index is -0.613. The van der Waals surface area contributed by atoms with E-state index in [0.717, 1.165) is 30.1 Å². The third-order valence-corrected chi connectivity index (χ3v) is 4.33. The molecule has 0 spiro atoms. The number of aliphatic hydroxyl groups is 1. The Kier molecular flexibility index (Phi) is 4.66. The summed E-state index contributed by atoms with van der Waals surface area (Å²) < 4.78 is 16.9. The van der Waals surface area contributed by atoms with Crippen molar-refractivity contribution in [1.82, 2.24) is 0 Å². The Morgan fingerprint density at radius 2 is 2.05 bits per heavy atom. The van der Waals surface area contributed by atoms with E-state index in [-0.39, 0.29) is 0 Å². The average Bonchev–Trinajstić information content (AvgIpc) is 2.52. The van der Waals surface area contributed by atoms with Gasteiger partial charge in [0.1, 0.15) is 19.3 Å². The molecule has 116 valence electrons. The van der Waals surface area contributed by atoms with E-state index >= 15 is 0 Å². The number of ether oxygens (including phenoxy) is 3. The highest BCUT2D eigenvalue weighted by Crippen LogP contribution is 2.33. The van der Waals surface area contributed by atoms with Crippen molar-refractivity contribution >= 4 is 0 Å². The molecule has 1 aliphatic carbocycles. The number of rotatable bonds is 4. The molecule has 4 nitrogen and oxygen atoms in total. The second-order valence-corrected chi connectivity index (χ2v) is 6.15. The Hall–Kier alpha value is -1.26. The van der Waals surface area contributed by atoms with Gasteiger partial charge >= 0.3 is 0 Å². The van der Waals surface area contributed by atoms with Gasteiger partial charge in [0.25, 0.3) is 0 Å². The molecule has 2 aliphatic rings. The van der Waals surface area contributed by atoms with Gasteiger partial charge in [0.15, 0.2) is 11.5 Å². The minimum absolute atomic E-state index is 0.292. The van der Waals surface area contributed by atoms with Gasteiger partial charge in [0.2, 0.25) is 0 Å². The van der Waals surface area contributed by atoms with Crippen LogP contribution < -0.4 is 9.47 Å². The molecule has 3 atom stereocenters. The highest BCUT2D eigenvalue weighted by atomic mass is 16.6. The predicted molar refractivity (Wildman–Crippen MR) is 79.8 cm³/mol. The Balaban J connectivity index is 1.56. The second-order valence-electron chi connectivity index (χ2n) is 6.15. The maximum Gasteiger partial charge on any atom is 0.161 e. The first kappa shape index (κ1) is 14.7. The van der Waals surface area contributed by atoms with Crippen molar-refractivity contribution < 1.29 is 19.3 Å². The quantitative estimate of drug-likeness (QED) is 0.926. The minimum Gasteiger partial charge on any atom is -0.486 e. The van der Waals surface area contributed by atoms with E-state index in [9.17, 15) is 5.11 Å². The Labute approximate surface area is 126 Å². The number of fused-ring (bicyclic) bond motifs is 1. The largest absolute Gasteiger partial charge is 0.486 e. The number of benzene rings is 1. The zero-order valence-electron chi connectivity index (χ0n) is 12.6. The van der Waals surface area contributed by atoms with Crippen molar-refractivity contribution in [2.24, 2.45) is 5.92 Å². The first-order valence-corrected chi connectivity index (χ1v) is 7.91. The van der Waals surface area contributed by atoms with Crippen LogP contribution in [-0.2, 0) is 4.74 Å². The van der Waals surface area contributed by atoms with Crippen LogP contribution in [0.5, 0.6) is 11.5 Å². The molecule has 1 saturated carbocycles. The summed E-state index contributed by atoms with van der Waals surface area (Å²) in [5, 5.41) is 10.3. The summed E-state index contributed by atoms with van der Waals surface area (Å²) in [6.07, 6.45) is 4.42. The van der Waals surface area contributed by atoms with E-state index in [1.165, 1.54) is 12.8 Å². The first-order valence-electron chi connectivity index (χ1n) is 7.91. The second kappa shape index (κ2) is 6.67. The normalized spacial score (nSPS) is 26.4. The molecule has 0 saturated heterocycles. The van der Waals surface area contributed by atoms with Crippen molar-refractivity contribution in [2.75, 3.05) is 19.8 Å². The molecule has 1 aromatic rings. The third kappa shape index (κ3) is 3.69. The zero-order valence-corrected chi connectivity index (χ0v) is 12.6. The molecule has 1 heterocycles. The van der Waals surface area contributed by atoms with Gasteiger partial charge in [-0.05, 0) is 36.5 Å². The number of hydrogen-bond donors (Lipinski definition) is 1. The van der Waals surface area contributed by atoms with E-state index in [2.05, 4.69) is 6.92 Å². The standard InChI is InChI=1S/C17H24O4/c1-12-3-2-4-14(9-12)21-11-15(18)13-5-6-16-17(10-13)20-8-7-19-16/h5-6,10,12,14-15,18H,2-4,7-9,11H2,1H3. The van der Waals surface area contributed by atoms with E-state index in [0.29, 0.717) is 31.7 Å². The molecule has 21 heavy (non-hydrogen) atoms. The molecule has 0 bridgehead atoms. The van der Waals surface area contributed by atoms with Crippen molar-refractivity contribution in [3.63, 3.8) is 0 Å². The topological polar surface area (TPSA) is 47.9 Å². The molecule has 1 fully saturated rings. The third-order valence-electron chi connectivity index (χ3n) is 4.33. The van der Waals surface area contributed by atoms with Crippen LogP contribution in [0.25, 0.3) is 0 Å². The summed E-state index contributed by atoms with van der Waals surface area (Å²) in [6, 6.07) is 5.59. The van der Waals surface area contributed by atoms with Crippen LogP contribution in [0, 0.1) is 5.92 Å². The first-order chi connectivity index (χ1) is 10.2. The maximum absolute atomic E-state index is 10.3. The molecule has 1 N–H and O–H groups in total. The highest BCUT2D eigenvalue weighted by molar-refractivity contribution is 5.44. The smallest absolute Gasteiger partial charge is 0.161 e. The SMILES string of the molecule is CC1CCCC(OCC(O)c2ccc3c(c2)OCCO3)C1. The lowest BCUT2D eigenvalue weighted by Gasteiger charge is -2.28. The molecule has 0 aromatic heterocycles. The number of hydrogen-bond acceptors (Lipinski definition) is 4. The molecule has 0 amide bonds. The number of aliphatic hydroxyl groups excluding tert-OH is 1. The summed E-state index contributed by atoms with van der Waals surface area (Å²) in [5.74, 6) is 2.19. The van der Waals surface area contributed by atoms with Gasteiger partial charge in [-0.25, -0.2) is 0 Å². The van der Waals surface area contributed by atoms with Crippen molar-refractivity contribution in [3.05, 3.63) is 23.8 Å². The van der Waals surface area contributed by atoms with Gasteiger partial charge in [0.05, 0.1) is 12.7 Å². The molecular weight excluding hydrogens is 268 g/mol. The van der Waals surface area contributed by atoms with Gasteiger partial charge in [-0.3, -0.25) is 0 Å². The van der Waals surface area contributed by atoms with Crippen LogP contribution in [0.4, 0.5) is 0 Å². The fourth-order valence-corrected chi connectivity index (χ4v) is 3.12. The van der Waals surface area contributed by atoms with E-state index in [1.54, 1.807) is 0 Å². The van der Waals surface area contributed by atoms with Crippen molar-refractivity contribution in [2.45, 2.75) is 44.8 Å². The zero-order chi connectivity index (χ0) is 14.7. The van der Waals surface area contributed by atoms with Gasteiger partial charge < -0.3 is 19.3 Å². The lowest BCUT2D eigenvalue weighted by molar-refractivity contribution is -0.0323. The molecular formula is C17H24O4. The predicted octanol–water partition coefficient (Wildman–Crippen LogP) is 3.09. The van der Waals surface area contributed by atoms with Crippen molar-refractivity contribution in [1.29, 1.82) is 0 Å². The summed E-state index contributed by atoms with van der Waals surface area (Å²) in [5.41, 5.74) is 0.822. The van der Waals surface area contributed by atoms with Crippen LogP contribution in [0.1, 0.15) is 44.3 Å². The summed E-state index contributed by atoms with van der Waals surface area (Å²) >= 11 is 0. The Bertz CT molecular complexity index is 474. The van der Waals surface area contributed by atoms with Crippen LogP contribution in [0.3, 0.4) is 0 Å². The van der Waals surface area contributed by atoms with E-state index in [4.69, 9.17) is 14.2 Å². The van der Waals surface area contributed by atoms with E-state index < -0.39 is 6.10 Å². The molecule has 3 rings (SSSR count). The van der Waals surface area contributed by atoms with Crippen molar-refractivity contribution in [3.8, 4) is 11.5 Å². The Morgan fingerprint density at radius 3 is 2.86 bits per heavy atom. The molecule has 0 radical (unpaired) electrons. The lowest BCUT2D eigenvalue weighted by Crippen LogP contribution is -2.23. The van der Waals surface area contributed by atoms with Crippen LogP contribution in [-0.4, -0.2) is 31.0 Å². The summed E-state index contributed by atoms with van der Waals surface area (Å²) in [7, 11) is 0. The molecule has 1 aromatic carbocycles. The highest BCUT2D eigenvalue weighted by Gasteiger charge is 2.21. The molecule has 4 heteroatoms. The van der Waals surface area contributed by atoms with E-state index in [1.807, 2.05) is 18.2 Å². The monoisotopic (exact) mass is 292 g/mol. The maximum atomic E-state index is 10.3. The van der Waals surface area contributed by atoms with Crippen LogP contribution in [0.2, 0.25) is 0 Å². The van der Waals surface area contributed by atoms with Gasteiger partial charge in [-0.2, -0.15) is 0 Å². The summed E-state index contributed by atoms with van der Waals surface area (Å²) in [6.45, 7) is 3.75. The van der Waals surface area contributed by atoms with Crippen LogP contribution >= 0.6 is 0 Å². The van der Waals surface area contributed by atoms with Gasteiger partial charge in [0, 0.05) is 0 Å². The Morgan fingerprint density at radius 1 is 1.24 bits per heavy atom. The van der Waals surface area contributed by atoms with Crippen LogP contribution in [0.15, 0.2) is 18.2 Å². The lowest BCUT2D eigenvalue weighted by atomic mass is 9.89. The average molecular weight is 292 g/mol.